The highest BCUT2D eigenvalue weighted by molar-refractivity contribution is 7.92. The first-order chi connectivity index (χ1) is 13.3. The summed E-state index contributed by atoms with van der Waals surface area (Å²) in [6.45, 7) is 0.372. The highest BCUT2D eigenvalue weighted by atomic mass is 32.2. The third-order valence-corrected chi connectivity index (χ3v) is 5.61. The van der Waals surface area contributed by atoms with Crippen LogP contribution in [-0.2, 0) is 16.4 Å². The molecule has 0 unspecified atom stereocenters. The van der Waals surface area contributed by atoms with Gasteiger partial charge in [-0.3, -0.25) is 18.6 Å². The van der Waals surface area contributed by atoms with Crippen molar-refractivity contribution in [3.8, 4) is 11.4 Å². The molecule has 144 valence electrons. The van der Waals surface area contributed by atoms with E-state index in [0.717, 1.165) is 11.8 Å². The van der Waals surface area contributed by atoms with Gasteiger partial charge in [-0.2, -0.15) is 0 Å². The summed E-state index contributed by atoms with van der Waals surface area (Å²) in [6, 6.07) is 11.7. The molecule has 0 saturated carbocycles. The van der Waals surface area contributed by atoms with Crippen molar-refractivity contribution in [2.24, 2.45) is 0 Å². The second-order valence-electron chi connectivity index (χ2n) is 6.41. The van der Waals surface area contributed by atoms with Gasteiger partial charge in [0.15, 0.2) is 5.82 Å². The summed E-state index contributed by atoms with van der Waals surface area (Å²) in [6.07, 6.45) is 1.72. The van der Waals surface area contributed by atoms with Gasteiger partial charge in [-0.25, -0.2) is 13.2 Å². The second kappa shape index (κ2) is 6.64. The molecule has 9 nitrogen and oxygen atoms in total. The number of carbonyl (C=O) groups excluding carboxylic acids is 1. The average molecular weight is 400 g/mol. The lowest BCUT2D eigenvalue weighted by atomic mass is 10.1. The molecule has 0 bridgehead atoms. The Kier molecular flexibility index (Phi) is 4.27. The molecule has 0 aliphatic carbocycles. The van der Waals surface area contributed by atoms with Crippen LogP contribution in [0.1, 0.15) is 15.9 Å². The lowest BCUT2D eigenvalue weighted by Gasteiger charge is -2.16. The quantitative estimate of drug-likeness (QED) is 0.685. The molecule has 2 N–H and O–H groups in total. The summed E-state index contributed by atoms with van der Waals surface area (Å²) in [5.74, 6) is -0.725. The van der Waals surface area contributed by atoms with Crippen molar-refractivity contribution in [2.75, 3.05) is 22.4 Å². The molecule has 1 aliphatic heterocycles. The molecule has 1 amide bonds. The maximum atomic E-state index is 12.6. The molecule has 2 heterocycles. The number of amides is 1. The monoisotopic (exact) mass is 400 g/mol. The minimum absolute atomic E-state index is 0.263. The third kappa shape index (κ3) is 3.41. The summed E-state index contributed by atoms with van der Waals surface area (Å²) >= 11 is 0. The number of fused-ring (bicyclic) bond motifs is 1. The predicted molar refractivity (Wildman–Crippen MR) is 103 cm³/mol. The summed E-state index contributed by atoms with van der Waals surface area (Å²) in [5, 5.41) is 6.41. The van der Waals surface area contributed by atoms with Crippen LogP contribution in [0.25, 0.3) is 11.4 Å². The first-order valence-electron chi connectivity index (χ1n) is 8.40. The van der Waals surface area contributed by atoms with Gasteiger partial charge in [0.25, 0.3) is 5.91 Å². The molecule has 3 aromatic rings. The van der Waals surface area contributed by atoms with Gasteiger partial charge in [0.2, 0.25) is 10.0 Å². The third-order valence-electron chi connectivity index (χ3n) is 4.43. The van der Waals surface area contributed by atoms with E-state index in [-0.39, 0.29) is 11.7 Å². The molecule has 2 aromatic carbocycles. The number of carbonyl (C=O) groups is 1. The molecule has 0 radical (unpaired) electrons. The molecule has 0 fully saturated rings. The average Bonchev–Trinajstić information content (AvgIpc) is 3.27. The van der Waals surface area contributed by atoms with Gasteiger partial charge in [0, 0.05) is 23.4 Å². The van der Waals surface area contributed by atoms with Crippen LogP contribution in [-0.4, -0.2) is 37.3 Å². The summed E-state index contributed by atoms with van der Waals surface area (Å²) in [5.41, 5.74) is 2.95. The molecule has 1 aliphatic rings. The Morgan fingerprint density at radius 2 is 2.07 bits per heavy atom. The van der Waals surface area contributed by atoms with E-state index in [2.05, 4.69) is 20.0 Å². The fourth-order valence-electron chi connectivity index (χ4n) is 3.16. The van der Waals surface area contributed by atoms with E-state index in [9.17, 15) is 18.0 Å². The normalized spacial score (nSPS) is 13.4. The summed E-state index contributed by atoms with van der Waals surface area (Å²) < 4.78 is 29.5. The molecule has 0 spiro atoms. The predicted octanol–water partition coefficient (Wildman–Crippen LogP) is 1.60. The van der Waals surface area contributed by atoms with Crippen molar-refractivity contribution in [1.82, 2.24) is 10.1 Å². The molecular formula is C18H16N4O5S. The Balaban J connectivity index is 1.56. The molecule has 0 saturated heterocycles. The number of aromatic amines is 1. The second-order valence-corrected chi connectivity index (χ2v) is 8.31. The van der Waals surface area contributed by atoms with Crippen LogP contribution in [0.4, 0.5) is 11.4 Å². The van der Waals surface area contributed by atoms with Crippen LogP contribution in [0.15, 0.2) is 51.8 Å². The fourth-order valence-corrected chi connectivity index (χ4v) is 4.12. The van der Waals surface area contributed by atoms with Gasteiger partial charge < -0.3 is 5.32 Å². The molecule has 10 heteroatoms. The first kappa shape index (κ1) is 18.0. The number of H-pyrrole nitrogens is 1. The van der Waals surface area contributed by atoms with Crippen molar-refractivity contribution in [3.63, 3.8) is 0 Å². The van der Waals surface area contributed by atoms with Crippen molar-refractivity contribution in [3.05, 3.63) is 64.1 Å². The Hall–Kier alpha value is -3.40. The number of sulfonamides is 1. The van der Waals surface area contributed by atoms with E-state index >= 15 is 0 Å². The van der Waals surface area contributed by atoms with Gasteiger partial charge in [0.05, 0.1) is 11.9 Å². The van der Waals surface area contributed by atoms with E-state index in [4.69, 9.17) is 0 Å². The zero-order chi connectivity index (χ0) is 19.9. The zero-order valence-corrected chi connectivity index (χ0v) is 15.6. The van der Waals surface area contributed by atoms with Crippen LogP contribution in [0.2, 0.25) is 0 Å². The number of hydrogen-bond donors (Lipinski definition) is 2. The minimum atomic E-state index is -3.33. The molecule has 28 heavy (non-hydrogen) atoms. The van der Waals surface area contributed by atoms with Crippen molar-refractivity contribution in [1.29, 1.82) is 0 Å². The van der Waals surface area contributed by atoms with Crippen molar-refractivity contribution < 1.29 is 17.7 Å². The Morgan fingerprint density at radius 1 is 1.25 bits per heavy atom. The van der Waals surface area contributed by atoms with E-state index in [0.29, 0.717) is 35.5 Å². The highest BCUT2D eigenvalue weighted by Gasteiger charge is 2.26. The fraction of sp³-hybridized carbons (Fsp3) is 0.167. The van der Waals surface area contributed by atoms with Gasteiger partial charge >= 0.3 is 5.76 Å². The van der Waals surface area contributed by atoms with E-state index in [1.807, 2.05) is 0 Å². The largest absolute Gasteiger partial charge is 0.439 e. The van der Waals surface area contributed by atoms with Crippen LogP contribution in [0.5, 0.6) is 0 Å². The van der Waals surface area contributed by atoms with Gasteiger partial charge in [0.1, 0.15) is 0 Å². The molecule has 0 atom stereocenters. The Morgan fingerprint density at radius 3 is 2.79 bits per heavy atom. The molecule has 4 rings (SSSR count). The van der Waals surface area contributed by atoms with Crippen LogP contribution in [0.3, 0.4) is 0 Å². The van der Waals surface area contributed by atoms with E-state index in [1.54, 1.807) is 42.5 Å². The van der Waals surface area contributed by atoms with Gasteiger partial charge in [-0.15, -0.1) is 0 Å². The lowest BCUT2D eigenvalue weighted by Crippen LogP contribution is -2.27. The smallest absolute Gasteiger partial charge is 0.322 e. The minimum Gasteiger partial charge on any atom is -0.322 e. The van der Waals surface area contributed by atoms with Crippen LogP contribution < -0.4 is 15.4 Å². The topological polar surface area (TPSA) is 125 Å². The number of benzene rings is 2. The number of aromatic nitrogens is 2. The first-order valence-corrected chi connectivity index (χ1v) is 10.2. The van der Waals surface area contributed by atoms with Crippen LogP contribution >= 0.6 is 0 Å². The number of nitrogens with one attached hydrogen (secondary N) is 2. The number of nitrogens with zero attached hydrogens (tertiary/aromatic N) is 2. The van der Waals surface area contributed by atoms with Crippen molar-refractivity contribution >= 4 is 27.3 Å². The maximum absolute atomic E-state index is 12.6. The molecule has 1 aromatic heterocycles. The van der Waals surface area contributed by atoms with Gasteiger partial charge in [-0.05, 0) is 42.3 Å². The standard InChI is InChI=1S/C18H16N4O5S/c1-28(25,26)22-8-7-11-9-13(5-6-15(11)22)17(23)19-14-4-2-3-12(10-14)16-20-18(24)27-21-16/h2-6,9-10H,7-8H2,1H3,(H,19,23)(H,20,21,24). The van der Waals surface area contributed by atoms with Gasteiger partial charge in [-0.1, -0.05) is 17.3 Å². The number of rotatable bonds is 4. The Labute approximate surface area is 160 Å². The maximum Gasteiger partial charge on any atom is 0.439 e. The SMILES string of the molecule is CS(=O)(=O)N1CCc2cc(C(=O)Nc3cccc(-c4noc(=O)[nH]4)c3)ccc21. The summed E-state index contributed by atoms with van der Waals surface area (Å²) in [4.78, 5) is 26.2. The summed E-state index contributed by atoms with van der Waals surface area (Å²) in [7, 11) is -3.33. The lowest BCUT2D eigenvalue weighted by molar-refractivity contribution is 0.102. The number of hydrogen-bond acceptors (Lipinski definition) is 6. The van der Waals surface area contributed by atoms with E-state index in [1.165, 1.54) is 4.31 Å². The zero-order valence-electron chi connectivity index (χ0n) is 14.8. The van der Waals surface area contributed by atoms with Crippen LogP contribution in [0, 0.1) is 0 Å². The number of anilines is 2. The van der Waals surface area contributed by atoms with Crippen molar-refractivity contribution in [2.45, 2.75) is 6.42 Å². The van der Waals surface area contributed by atoms with E-state index < -0.39 is 15.8 Å². The Bertz CT molecular complexity index is 1230. The molecular weight excluding hydrogens is 384 g/mol. The highest BCUT2D eigenvalue weighted by Crippen LogP contribution is 2.31.